The van der Waals surface area contributed by atoms with E-state index in [1.807, 2.05) is 22.9 Å². The molecule has 1 aromatic carbocycles. The van der Waals surface area contributed by atoms with Gasteiger partial charge < -0.3 is 14.2 Å². The summed E-state index contributed by atoms with van der Waals surface area (Å²) in [7, 11) is 4.67. The number of nitrogens with zero attached hydrogens (tertiary/aromatic N) is 2. The zero-order valence-corrected chi connectivity index (χ0v) is 16.1. The number of hydrogen-bond acceptors (Lipinski definition) is 7. The fraction of sp³-hybridized carbons (Fsp3) is 0.158. The van der Waals surface area contributed by atoms with E-state index >= 15 is 0 Å². The highest BCUT2D eigenvalue weighted by atomic mass is 32.1. The van der Waals surface area contributed by atoms with E-state index in [2.05, 4.69) is 11.1 Å². The molecule has 0 aliphatic rings. The summed E-state index contributed by atoms with van der Waals surface area (Å²) in [5, 5.41) is 14.2. The maximum atomic E-state index is 9.60. The molecule has 3 rings (SSSR count). The first kappa shape index (κ1) is 18.0. The van der Waals surface area contributed by atoms with Crippen LogP contribution in [-0.4, -0.2) is 26.3 Å². The van der Waals surface area contributed by atoms with Crippen LogP contribution < -0.4 is 14.2 Å². The van der Waals surface area contributed by atoms with Gasteiger partial charge >= 0.3 is 0 Å². The molecular formula is C19H16N2O3S2. The molecule has 132 valence electrons. The van der Waals surface area contributed by atoms with Crippen LogP contribution in [0.3, 0.4) is 0 Å². The molecule has 0 aliphatic carbocycles. The van der Waals surface area contributed by atoms with Gasteiger partial charge in [-0.05, 0) is 35.2 Å². The van der Waals surface area contributed by atoms with E-state index < -0.39 is 0 Å². The van der Waals surface area contributed by atoms with Gasteiger partial charge in [0, 0.05) is 5.38 Å². The molecule has 0 saturated carbocycles. The Balaban J connectivity index is 2.01. The lowest BCUT2D eigenvalue weighted by molar-refractivity contribution is 0.324. The van der Waals surface area contributed by atoms with Crippen molar-refractivity contribution in [2.24, 2.45) is 0 Å². The average molecular weight is 384 g/mol. The summed E-state index contributed by atoms with van der Waals surface area (Å²) in [5.74, 6) is 1.59. The van der Waals surface area contributed by atoms with E-state index in [0.29, 0.717) is 27.8 Å². The Bertz CT molecular complexity index is 944. The van der Waals surface area contributed by atoms with Crippen LogP contribution in [0.25, 0.3) is 22.2 Å². The van der Waals surface area contributed by atoms with Crippen LogP contribution in [0.5, 0.6) is 17.2 Å². The maximum Gasteiger partial charge on any atom is 0.203 e. The number of ether oxygens (including phenoxy) is 3. The van der Waals surface area contributed by atoms with Gasteiger partial charge in [0.1, 0.15) is 11.1 Å². The van der Waals surface area contributed by atoms with Gasteiger partial charge in [0.25, 0.3) is 0 Å². The normalized spacial score (nSPS) is 11.1. The van der Waals surface area contributed by atoms with Crippen LogP contribution in [0.15, 0.2) is 35.0 Å². The van der Waals surface area contributed by atoms with Crippen molar-refractivity contribution in [3.8, 4) is 33.9 Å². The third kappa shape index (κ3) is 3.57. The second-order valence-corrected chi connectivity index (χ2v) is 6.95. The Kier molecular flexibility index (Phi) is 5.56. The van der Waals surface area contributed by atoms with Gasteiger partial charge in [-0.2, -0.15) is 5.26 Å². The molecule has 26 heavy (non-hydrogen) atoms. The first-order chi connectivity index (χ1) is 12.7. The molecule has 0 spiro atoms. The van der Waals surface area contributed by atoms with Gasteiger partial charge in [0.05, 0.1) is 37.5 Å². The predicted octanol–water partition coefficient (Wildman–Crippen LogP) is 4.96. The summed E-state index contributed by atoms with van der Waals surface area (Å²) in [4.78, 5) is 5.67. The molecule has 2 aromatic heterocycles. The molecule has 2 heterocycles. The molecule has 0 bridgehead atoms. The Hall–Kier alpha value is -2.82. The highest BCUT2D eigenvalue weighted by molar-refractivity contribution is 7.14. The summed E-state index contributed by atoms with van der Waals surface area (Å²) in [6.45, 7) is 0. The van der Waals surface area contributed by atoms with E-state index in [1.54, 1.807) is 50.9 Å². The van der Waals surface area contributed by atoms with Crippen LogP contribution >= 0.6 is 22.7 Å². The fourth-order valence-electron chi connectivity index (χ4n) is 2.43. The van der Waals surface area contributed by atoms with Crippen molar-refractivity contribution in [2.75, 3.05) is 21.3 Å². The highest BCUT2D eigenvalue weighted by Crippen LogP contribution is 2.39. The van der Waals surface area contributed by atoms with Crippen molar-refractivity contribution in [3.63, 3.8) is 0 Å². The average Bonchev–Trinajstić information content (AvgIpc) is 3.36. The molecule has 0 atom stereocenters. The number of rotatable bonds is 6. The third-order valence-corrected chi connectivity index (χ3v) is 5.39. The van der Waals surface area contributed by atoms with Crippen LogP contribution in [0.4, 0.5) is 0 Å². The van der Waals surface area contributed by atoms with Crippen molar-refractivity contribution < 1.29 is 14.2 Å². The Morgan fingerprint density at radius 1 is 1.12 bits per heavy atom. The number of benzene rings is 1. The number of methoxy groups -OCH3 is 3. The molecule has 0 fully saturated rings. The smallest absolute Gasteiger partial charge is 0.203 e. The summed E-state index contributed by atoms with van der Waals surface area (Å²) >= 11 is 3.07. The molecular weight excluding hydrogens is 368 g/mol. The van der Waals surface area contributed by atoms with Crippen molar-refractivity contribution in [2.45, 2.75) is 0 Å². The lowest BCUT2D eigenvalue weighted by Crippen LogP contribution is -1.95. The number of hydrogen-bond donors (Lipinski definition) is 0. The fourth-order valence-corrected chi connectivity index (χ4v) is 3.97. The summed E-state index contributed by atoms with van der Waals surface area (Å²) in [5.41, 5.74) is 2.13. The standard InChI is InChI=1S/C19H16N2O3S2/c1-22-15-8-12(9-16(23-2)18(15)24-3)7-13(10-20)19-21-14(11-26-19)17-5-4-6-25-17/h4-9,11H,1-3H3. The van der Waals surface area contributed by atoms with E-state index in [4.69, 9.17) is 14.2 Å². The van der Waals surface area contributed by atoms with Crippen LogP contribution in [0.2, 0.25) is 0 Å². The minimum absolute atomic E-state index is 0.479. The third-order valence-electron chi connectivity index (χ3n) is 3.63. The van der Waals surface area contributed by atoms with Crippen molar-refractivity contribution in [1.29, 1.82) is 5.26 Å². The van der Waals surface area contributed by atoms with Crippen LogP contribution in [0, 0.1) is 11.3 Å². The van der Waals surface area contributed by atoms with E-state index in [9.17, 15) is 5.26 Å². The summed E-state index contributed by atoms with van der Waals surface area (Å²) in [6.07, 6.45) is 1.77. The monoisotopic (exact) mass is 384 g/mol. The van der Waals surface area contributed by atoms with Crippen molar-refractivity contribution in [1.82, 2.24) is 4.98 Å². The van der Waals surface area contributed by atoms with Gasteiger partial charge in [-0.15, -0.1) is 22.7 Å². The molecule has 3 aromatic rings. The van der Waals surface area contributed by atoms with Gasteiger partial charge in [-0.25, -0.2) is 4.98 Å². The molecule has 5 nitrogen and oxygen atoms in total. The van der Waals surface area contributed by atoms with E-state index in [-0.39, 0.29) is 0 Å². The number of aromatic nitrogens is 1. The molecule has 0 aliphatic heterocycles. The Morgan fingerprint density at radius 3 is 2.38 bits per heavy atom. The van der Waals surface area contributed by atoms with Crippen molar-refractivity contribution in [3.05, 3.63) is 45.6 Å². The second-order valence-electron chi connectivity index (χ2n) is 5.14. The van der Waals surface area contributed by atoms with Gasteiger partial charge in [0.2, 0.25) is 5.75 Å². The Labute approximate surface area is 159 Å². The molecule has 7 heteroatoms. The Morgan fingerprint density at radius 2 is 1.85 bits per heavy atom. The maximum absolute atomic E-state index is 9.60. The van der Waals surface area contributed by atoms with E-state index in [1.165, 1.54) is 11.3 Å². The van der Waals surface area contributed by atoms with Gasteiger partial charge in [0.15, 0.2) is 11.5 Å². The van der Waals surface area contributed by atoms with Crippen molar-refractivity contribution >= 4 is 34.3 Å². The van der Waals surface area contributed by atoms with Crippen LogP contribution in [0.1, 0.15) is 10.6 Å². The van der Waals surface area contributed by atoms with E-state index in [0.717, 1.165) is 16.1 Å². The summed E-state index contributed by atoms with van der Waals surface area (Å²) in [6, 6.07) is 9.82. The molecule has 0 unspecified atom stereocenters. The molecule has 0 N–H and O–H groups in total. The second kappa shape index (κ2) is 8.04. The minimum Gasteiger partial charge on any atom is -0.493 e. The zero-order chi connectivity index (χ0) is 18.5. The van der Waals surface area contributed by atoms with Gasteiger partial charge in [-0.1, -0.05) is 6.07 Å². The van der Waals surface area contributed by atoms with Crippen LogP contribution in [-0.2, 0) is 0 Å². The lowest BCUT2D eigenvalue weighted by atomic mass is 10.1. The van der Waals surface area contributed by atoms with Gasteiger partial charge in [-0.3, -0.25) is 0 Å². The SMILES string of the molecule is COc1cc(C=C(C#N)c2nc(-c3cccs3)cs2)cc(OC)c1OC. The first-order valence-corrected chi connectivity index (χ1v) is 9.37. The first-order valence-electron chi connectivity index (χ1n) is 7.61. The lowest BCUT2D eigenvalue weighted by Gasteiger charge is -2.13. The summed E-state index contributed by atoms with van der Waals surface area (Å²) < 4.78 is 16.1. The number of thiazole rings is 1. The number of thiophene rings is 1. The quantitative estimate of drug-likeness (QED) is 0.562. The molecule has 0 amide bonds. The minimum atomic E-state index is 0.479. The number of allylic oxidation sites excluding steroid dienone is 1. The molecule has 0 radical (unpaired) electrons. The number of nitriles is 1. The predicted molar refractivity (Wildman–Crippen MR) is 105 cm³/mol. The highest BCUT2D eigenvalue weighted by Gasteiger charge is 2.14. The zero-order valence-electron chi connectivity index (χ0n) is 14.5. The topological polar surface area (TPSA) is 64.4 Å². The molecule has 0 saturated heterocycles. The largest absolute Gasteiger partial charge is 0.493 e.